The molecule has 1 aliphatic rings. The molecule has 0 bridgehead atoms. The summed E-state index contributed by atoms with van der Waals surface area (Å²) in [4.78, 5) is 12.1. The number of aromatic nitrogens is 2. The fourth-order valence-electron chi connectivity index (χ4n) is 2.54. The molecule has 0 spiro atoms. The third-order valence-corrected chi connectivity index (χ3v) is 4.61. The van der Waals surface area contributed by atoms with Crippen LogP contribution in [0.4, 0.5) is 14.5 Å². The zero-order valence-corrected chi connectivity index (χ0v) is 15.3. The van der Waals surface area contributed by atoms with Crippen molar-refractivity contribution in [1.29, 1.82) is 0 Å². The Morgan fingerprint density at radius 1 is 1.14 bits per heavy atom. The number of halogens is 2. The molecule has 0 aliphatic carbocycles. The molecule has 3 aromatic rings. The van der Waals surface area contributed by atoms with Gasteiger partial charge in [-0.1, -0.05) is 30.0 Å². The lowest BCUT2D eigenvalue weighted by molar-refractivity contribution is -0.286. The zero-order chi connectivity index (χ0) is 19.7. The highest BCUT2D eigenvalue weighted by Crippen LogP contribution is 2.42. The average Bonchev–Trinajstić information content (AvgIpc) is 3.22. The van der Waals surface area contributed by atoms with Crippen LogP contribution in [-0.4, -0.2) is 28.2 Å². The summed E-state index contributed by atoms with van der Waals surface area (Å²) in [5, 5.41) is 10.7. The number of hydrogen-bond donors (Lipinski definition) is 1. The Labute approximate surface area is 162 Å². The Bertz CT molecular complexity index is 1040. The van der Waals surface area contributed by atoms with Gasteiger partial charge >= 0.3 is 6.29 Å². The molecule has 0 radical (unpaired) electrons. The van der Waals surface area contributed by atoms with Gasteiger partial charge in [0.1, 0.15) is 0 Å². The average molecular weight is 405 g/mol. The number of rotatable bonds is 5. The van der Waals surface area contributed by atoms with Crippen molar-refractivity contribution >= 4 is 23.4 Å². The summed E-state index contributed by atoms with van der Waals surface area (Å²) in [6.07, 6.45) is -3.70. The molecule has 0 fully saturated rings. The van der Waals surface area contributed by atoms with Crippen molar-refractivity contribution in [3.05, 3.63) is 48.0 Å². The molecule has 28 heavy (non-hydrogen) atoms. The SMILES string of the molecule is Cc1ccccc1-c1nnc(SCC(=O)Nc2ccc3c(c2)OC(F)(F)O3)o1. The number of nitrogens with one attached hydrogen (secondary N) is 1. The lowest BCUT2D eigenvalue weighted by Crippen LogP contribution is -2.25. The number of alkyl halides is 2. The van der Waals surface area contributed by atoms with Gasteiger partial charge in [0.15, 0.2) is 11.5 Å². The summed E-state index contributed by atoms with van der Waals surface area (Å²) in [5.74, 6) is -0.230. The third-order valence-electron chi connectivity index (χ3n) is 3.79. The maximum absolute atomic E-state index is 13.0. The predicted molar refractivity (Wildman–Crippen MR) is 96.5 cm³/mol. The summed E-state index contributed by atoms with van der Waals surface area (Å²) < 4.78 is 40.3. The molecule has 2 heterocycles. The standard InChI is InChI=1S/C18H13F2N3O4S/c1-10-4-2-3-5-12(10)16-22-23-17(25-16)28-9-15(24)21-11-6-7-13-14(8-11)27-18(19,20)26-13/h2-8H,9H2,1H3,(H,21,24). The van der Waals surface area contributed by atoms with Gasteiger partial charge in [0.2, 0.25) is 11.8 Å². The molecule has 2 aromatic carbocycles. The topological polar surface area (TPSA) is 86.5 Å². The minimum absolute atomic E-state index is 0.00000673. The Kier molecular flexibility index (Phi) is 4.63. The minimum Gasteiger partial charge on any atom is -0.411 e. The van der Waals surface area contributed by atoms with Crippen molar-refractivity contribution in [3.63, 3.8) is 0 Å². The molecule has 0 saturated carbocycles. The third kappa shape index (κ3) is 3.91. The van der Waals surface area contributed by atoms with E-state index in [1.165, 1.54) is 18.2 Å². The van der Waals surface area contributed by atoms with E-state index in [1.54, 1.807) is 0 Å². The first kappa shape index (κ1) is 18.2. The van der Waals surface area contributed by atoms with Crippen molar-refractivity contribution in [2.45, 2.75) is 18.4 Å². The number of nitrogens with zero attached hydrogens (tertiary/aromatic N) is 2. The Morgan fingerprint density at radius 2 is 1.93 bits per heavy atom. The van der Waals surface area contributed by atoms with Crippen LogP contribution < -0.4 is 14.8 Å². The van der Waals surface area contributed by atoms with E-state index in [0.29, 0.717) is 11.6 Å². The van der Waals surface area contributed by atoms with Gasteiger partial charge in [-0.2, -0.15) is 0 Å². The number of anilines is 1. The van der Waals surface area contributed by atoms with E-state index in [-0.39, 0.29) is 28.4 Å². The van der Waals surface area contributed by atoms with E-state index in [0.717, 1.165) is 22.9 Å². The number of carbonyl (C=O) groups excluding carboxylic acids is 1. The van der Waals surface area contributed by atoms with E-state index in [4.69, 9.17) is 4.42 Å². The predicted octanol–water partition coefficient (Wildman–Crippen LogP) is 4.10. The summed E-state index contributed by atoms with van der Waals surface area (Å²) in [7, 11) is 0. The van der Waals surface area contributed by atoms with Gasteiger partial charge in [-0.25, -0.2) is 0 Å². The number of thioether (sulfide) groups is 1. The minimum atomic E-state index is -3.70. The molecule has 10 heteroatoms. The van der Waals surface area contributed by atoms with Crippen LogP contribution in [-0.2, 0) is 4.79 Å². The number of fused-ring (bicyclic) bond motifs is 1. The number of hydrogen-bond acceptors (Lipinski definition) is 7. The highest BCUT2D eigenvalue weighted by molar-refractivity contribution is 7.99. The molecule has 0 unspecified atom stereocenters. The fourth-order valence-corrected chi connectivity index (χ4v) is 3.10. The molecular weight excluding hydrogens is 392 g/mol. The van der Waals surface area contributed by atoms with Gasteiger partial charge < -0.3 is 19.2 Å². The van der Waals surface area contributed by atoms with Crippen molar-refractivity contribution in [2.24, 2.45) is 0 Å². The summed E-state index contributed by atoms with van der Waals surface area (Å²) in [5.41, 5.74) is 2.12. The molecular formula is C18H13F2N3O4S. The molecule has 0 atom stereocenters. The molecule has 144 valence electrons. The van der Waals surface area contributed by atoms with Crippen molar-refractivity contribution < 1.29 is 27.5 Å². The molecule has 0 saturated heterocycles. The number of carbonyl (C=O) groups is 1. The van der Waals surface area contributed by atoms with Crippen molar-refractivity contribution in [1.82, 2.24) is 10.2 Å². The van der Waals surface area contributed by atoms with E-state index in [1.807, 2.05) is 31.2 Å². The van der Waals surface area contributed by atoms with Gasteiger partial charge in [-0.3, -0.25) is 4.79 Å². The highest BCUT2D eigenvalue weighted by Gasteiger charge is 2.43. The van der Waals surface area contributed by atoms with Gasteiger partial charge in [-0.15, -0.1) is 19.0 Å². The summed E-state index contributed by atoms with van der Waals surface area (Å²) in [6, 6.07) is 11.6. The van der Waals surface area contributed by atoms with Crippen LogP contribution in [0.3, 0.4) is 0 Å². The Morgan fingerprint density at radius 3 is 2.75 bits per heavy atom. The van der Waals surface area contributed by atoms with Crippen LogP contribution in [0, 0.1) is 6.92 Å². The Balaban J connectivity index is 1.35. The number of benzene rings is 2. The Hall–Kier alpha value is -3.14. The lowest BCUT2D eigenvalue weighted by Gasteiger charge is -2.05. The van der Waals surface area contributed by atoms with Crippen molar-refractivity contribution in [3.8, 4) is 23.0 Å². The second kappa shape index (κ2) is 7.12. The first-order valence-electron chi connectivity index (χ1n) is 8.12. The number of aryl methyl sites for hydroxylation is 1. The van der Waals surface area contributed by atoms with E-state index >= 15 is 0 Å². The molecule has 1 aliphatic heterocycles. The molecule has 1 amide bonds. The van der Waals surface area contributed by atoms with Crippen LogP contribution in [0.5, 0.6) is 11.5 Å². The largest absolute Gasteiger partial charge is 0.586 e. The number of amides is 1. The van der Waals surface area contributed by atoms with Gasteiger partial charge in [0.25, 0.3) is 5.22 Å². The van der Waals surface area contributed by atoms with E-state index in [9.17, 15) is 13.6 Å². The first-order chi connectivity index (χ1) is 13.4. The van der Waals surface area contributed by atoms with Crippen molar-refractivity contribution in [2.75, 3.05) is 11.1 Å². The maximum Gasteiger partial charge on any atom is 0.586 e. The lowest BCUT2D eigenvalue weighted by atomic mass is 10.1. The van der Waals surface area contributed by atoms with E-state index in [2.05, 4.69) is 25.0 Å². The maximum atomic E-state index is 13.0. The first-order valence-corrected chi connectivity index (χ1v) is 9.10. The van der Waals surface area contributed by atoms with Gasteiger partial charge in [0, 0.05) is 17.3 Å². The zero-order valence-electron chi connectivity index (χ0n) is 14.4. The highest BCUT2D eigenvalue weighted by atomic mass is 32.2. The fraction of sp³-hybridized carbons (Fsp3) is 0.167. The smallest absolute Gasteiger partial charge is 0.411 e. The van der Waals surface area contributed by atoms with Crippen LogP contribution in [0.25, 0.3) is 11.5 Å². The number of ether oxygens (including phenoxy) is 2. The quantitative estimate of drug-likeness (QED) is 0.640. The van der Waals surface area contributed by atoms with Crippen LogP contribution >= 0.6 is 11.8 Å². The van der Waals surface area contributed by atoms with E-state index < -0.39 is 6.29 Å². The summed E-state index contributed by atoms with van der Waals surface area (Å²) >= 11 is 1.07. The second-order valence-corrected chi connectivity index (χ2v) is 6.78. The van der Waals surface area contributed by atoms with Crippen LogP contribution in [0.15, 0.2) is 52.1 Å². The van der Waals surface area contributed by atoms with Crippen LogP contribution in [0.1, 0.15) is 5.56 Å². The monoisotopic (exact) mass is 405 g/mol. The normalized spacial score (nSPS) is 14.1. The van der Waals surface area contributed by atoms with Gasteiger partial charge in [-0.05, 0) is 30.7 Å². The second-order valence-electron chi connectivity index (χ2n) is 5.85. The molecule has 1 aromatic heterocycles. The van der Waals surface area contributed by atoms with Gasteiger partial charge in [0.05, 0.1) is 5.75 Å². The van der Waals surface area contributed by atoms with Crippen LogP contribution in [0.2, 0.25) is 0 Å². The molecule has 1 N–H and O–H groups in total. The molecule has 4 rings (SSSR count). The summed E-state index contributed by atoms with van der Waals surface area (Å²) in [6.45, 7) is 1.93. The molecule has 7 nitrogen and oxygen atoms in total.